The Balaban J connectivity index is 1.94. The van der Waals surface area contributed by atoms with Gasteiger partial charge < -0.3 is 15.5 Å². The molecule has 0 saturated carbocycles. The van der Waals surface area contributed by atoms with E-state index < -0.39 is 0 Å². The second-order valence-electron chi connectivity index (χ2n) is 5.10. The smallest absolute Gasteiger partial charge is 0.193 e. The van der Waals surface area contributed by atoms with Crippen LogP contribution in [0.1, 0.15) is 43.4 Å². The molecule has 1 atom stereocenters. The molecule has 2 aromatic rings. The number of nitrogens with zero attached hydrogens (tertiary/aromatic N) is 2. The lowest BCUT2D eigenvalue weighted by atomic mass is 9.99. The van der Waals surface area contributed by atoms with E-state index in [0.29, 0.717) is 30.1 Å². The second kappa shape index (κ2) is 6.92. The molecule has 0 spiro atoms. The first-order chi connectivity index (χ1) is 10.1. The zero-order valence-electron chi connectivity index (χ0n) is 12.8. The molecule has 0 aliphatic rings. The molecule has 0 aliphatic carbocycles. The van der Waals surface area contributed by atoms with Crippen molar-refractivity contribution in [3.8, 4) is 0 Å². The number of anilines is 1. The van der Waals surface area contributed by atoms with Gasteiger partial charge in [0.05, 0.1) is 6.20 Å². The van der Waals surface area contributed by atoms with Gasteiger partial charge in [-0.15, -0.1) is 0 Å². The number of oxazole rings is 1. The fraction of sp³-hybridized carbons (Fsp3) is 0.375. The Bertz CT molecular complexity index is 601. The molecular weight excluding hydrogens is 264 g/mol. The molecule has 1 unspecified atom stereocenters. The molecule has 0 bridgehead atoms. The number of hydrogen-bond donors (Lipinski definition) is 2. The Hall–Kier alpha value is -2.30. The summed E-state index contributed by atoms with van der Waals surface area (Å²) < 4.78 is 5.34. The van der Waals surface area contributed by atoms with Crippen LogP contribution in [0.5, 0.6) is 0 Å². The molecular formula is C16H22N4O. The van der Waals surface area contributed by atoms with Gasteiger partial charge in [-0.3, -0.25) is 0 Å². The van der Waals surface area contributed by atoms with Crippen LogP contribution in [0.4, 0.5) is 5.69 Å². The van der Waals surface area contributed by atoms with Crippen LogP contribution in [-0.2, 0) is 6.54 Å². The van der Waals surface area contributed by atoms with Crippen molar-refractivity contribution in [2.24, 2.45) is 10.7 Å². The quantitative estimate of drug-likeness (QED) is 0.652. The van der Waals surface area contributed by atoms with E-state index in [1.165, 1.54) is 5.56 Å². The second-order valence-corrected chi connectivity index (χ2v) is 5.10. The molecule has 21 heavy (non-hydrogen) atoms. The third-order valence-corrected chi connectivity index (χ3v) is 3.44. The molecule has 3 N–H and O–H groups in total. The highest BCUT2D eigenvalue weighted by Gasteiger charge is 2.03. The van der Waals surface area contributed by atoms with Crippen LogP contribution >= 0.6 is 0 Å². The molecule has 112 valence electrons. The monoisotopic (exact) mass is 286 g/mol. The van der Waals surface area contributed by atoms with Crippen LogP contribution in [0.2, 0.25) is 0 Å². The molecule has 0 saturated heterocycles. The summed E-state index contributed by atoms with van der Waals surface area (Å²) in [6.45, 7) is 6.59. The summed E-state index contributed by atoms with van der Waals surface area (Å²) in [5.74, 6) is 2.26. The van der Waals surface area contributed by atoms with Gasteiger partial charge in [0.1, 0.15) is 12.3 Å². The van der Waals surface area contributed by atoms with Gasteiger partial charge in [-0.05, 0) is 30.0 Å². The fourth-order valence-electron chi connectivity index (χ4n) is 1.96. The Kier molecular flexibility index (Phi) is 4.98. The van der Waals surface area contributed by atoms with Crippen molar-refractivity contribution in [1.82, 2.24) is 4.98 Å². The van der Waals surface area contributed by atoms with E-state index in [1.54, 1.807) is 13.1 Å². The number of aryl methyl sites for hydroxylation is 1. The van der Waals surface area contributed by atoms with Gasteiger partial charge in [-0.2, -0.15) is 0 Å². The number of rotatable bonds is 5. The molecule has 0 amide bonds. The standard InChI is InChI=1S/C16H22N4O/c1-4-11(2)13-5-7-14(8-6-13)20-16(17)19-10-15-9-18-12(3)21-15/h5-9,11H,4,10H2,1-3H3,(H3,17,19,20). The van der Waals surface area contributed by atoms with Crippen molar-refractivity contribution >= 4 is 11.6 Å². The lowest BCUT2D eigenvalue weighted by molar-refractivity contribution is 0.477. The maximum absolute atomic E-state index is 5.86. The van der Waals surface area contributed by atoms with Gasteiger partial charge in [-0.1, -0.05) is 26.0 Å². The van der Waals surface area contributed by atoms with E-state index in [4.69, 9.17) is 10.2 Å². The summed E-state index contributed by atoms with van der Waals surface area (Å²) in [4.78, 5) is 8.24. The van der Waals surface area contributed by atoms with Gasteiger partial charge in [0.2, 0.25) is 0 Å². The van der Waals surface area contributed by atoms with Crippen molar-refractivity contribution in [2.45, 2.75) is 39.7 Å². The maximum Gasteiger partial charge on any atom is 0.193 e. The molecule has 1 aromatic carbocycles. The maximum atomic E-state index is 5.86. The van der Waals surface area contributed by atoms with Gasteiger partial charge in [-0.25, -0.2) is 9.98 Å². The first-order valence-corrected chi connectivity index (χ1v) is 7.16. The van der Waals surface area contributed by atoms with Crippen molar-refractivity contribution in [1.29, 1.82) is 0 Å². The zero-order valence-corrected chi connectivity index (χ0v) is 12.8. The van der Waals surface area contributed by atoms with E-state index in [2.05, 4.69) is 41.3 Å². The Morgan fingerprint density at radius 1 is 1.38 bits per heavy atom. The first-order valence-electron chi connectivity index (χ1n) is 7.16. The number of benzene rings is 1. The highest BCUT2D eigenvalue weighted by Crippen LogP contribution is 2.20. The third-order valence-electron chi connectivity index (χ3n) is 3.44. The summed E-state index contributed by atoms with van der Waals surface area (Å²) in [5, 5.41) is 3.07. The van der Waals surface area contributed by atoms with Crippen molar-refractivity contribution in [3.05, 3.63) is 47.7 Å². The van der Waals surface area contributed by atoms with Gasteiger partial charge in [0.25, 0.3) is 0 Å². The lowest BCUT2D eigenvalue weighted by Gasteiger charge is -2.10. The summed E-state index contributed by atoms with van der Waals surface area (Å²) in [5.41, 5.74) is 8.12. The third kappa shape index (κ3) is 4.34. The summed E-state index contributed by atoms with van der Waals surface area (Å²) in [7, 11) is 0. The van der Waals surface area contributed by atoms with Gasteiger partial charge >= 0.3 is 0 Å². The Labute approximate surface area is 125 Å². The van der Waals surface area contributed by atoms with Gasteiger partial charge in [0.15, 0.2) is 11.9 Å². The Morgan fingerprint density at radius 2 is 2.10 bits per heavy atom. The zero-order chi connectivity index (χ0) is 15.2. The van der Waals surface area contributed by atoms with E-state index in [1.807, 2.05) is 12.1 Å². The normalized spacial score (nSPS) is 13.2. The van der Waals surface area contributed by atoms with Crippen LogP contribution < -0.4 is 11.1 Å². The summed E-state index contributed by atoms with van der Waals surface area (Å²) in [6.07, 6.45) is 2.79. The minimum Gasteiger partial charge on any atom is -0.444 e. The van der Waals surface area contributed by atoms with Crippen molar-refractivity contribution in [3.63, 3.8) is 0 Å². The van der Waals surface area contributed by atoms with E-state index in [0.717, 1.165) is 12.1 Å². The fourth-order valence-corrected chi connectivity index (χ4v) is 1.96. The summed E-state index contributed by atoms with van der Waals surface area (Å²) >= 11 is 0. The van der Waals surface area contributed by atoms with Crippen LogP contribution in [-0.4, -0.2) is 10.9 Å². The molecule has 0 radical (unpaired) electrons. The SMILES string of the molecule is CCC(C)c1ccc(NC(N)=NCc2cnc(C)o2)cc1. The van der Waals surface area contributed by atoms with Crippen molar-refractivity contribution < 1.29 is 4.42 Å². The average Bonchev–Trinajstić information content (AvgIpc) is 2.91. The molecule has 1 heterocycles. The van der Waals surface area contributed by atoms with E-state index in [9.17, 15) is 0 Å². The van der Waals surface area contributed by atoms with E-state index in [-0.39, 0.29) is 0 Å². The number of nitrogens with one attached hydrogen (secondary N) is 1. The minimum atomic E-state index is 0.361. The molecule has 0 fully saturated rings. The first kappa shape index (κ1) is 15.1. The van der Waals surface area contributed by atoms with Crippen LogP contribution in [0.15, 0.2) is 39.9 Å². The predicted molar refractivity (Wildman–Crippen MR) is 85.3 cm³/mol. The molecule has 2 rings (SSSR count). The van der Waals surface area contributed by atoms with Crippen LogP contribution in [0.25, 0.3) is 0 Å². The number of guanidine groups is 1. The number of aromatic nitrogens is 1. The highest BCUT2D eigenvalue weighted by atomic mass is 16.4. The number of hydrogen-bond acceptors (Lipinski definition) is 3. The number of nitrogens with two attached hydrogens (primary N) is 1. The molecule has 5 heteroatoms. The highest BCUT2D eigenvalue weighted by molar-refractivity contribution is 5.92. The van der Waals surface area contributed by atoms with Crippen LogP contribution in [0, 0.1) is 6.92 Å². The largest absolute Gasteiger partial charge is 0.444 e. The van der Waals surface area contributed by atoms with Crippen LogP contribution in [0.3, 0.4) is 0 Å². The molecule has 0 aliphatic heterocycles. The predicted octanol–water partition coefficient (Wildman–Crippen LogP) is 3.42. The molecule has 1 aromatic heterocycles. The van der Waals surface area contributed by atoms with Crippen molar-refractivity contribution in [2.75, 3.05) is 5.32 Å². The average molecular weight is 286 g/mol. The lowest BCUT2D eigenvalue weighted by Crippen LogP contribution is -2.22. The molecule has 5 nitrogen and oxygen atoms in total. The van der Waals surface area contributed by atoms with Gasteiger partial charge in [0, 0.05) is 12.6 Å². The topological polar surface area (TPSA) is 76.4 Å². The summed E-state index contributed by atoms with van der Waals surface area (Å²) in [6, 6.07) is 8.26. The number of aliphatic imine (C=N–C) groups is 1. The Morgan fingerprint density at radius 3 is 2.67 bits per heavy atom. The van der Waals surface area contributed by atoms with E-state index >= 15 is 0 Å². The minimum absolute atomic E-state index is 0.361.